The van der Waals surface area contributed by atoms with Crippen LogP contribution in [0.2, 0.25) is 5.02 Å². The molecular formula is C21H25ClN6O5S. The van der Waals surface area contributed by atoms with E-state index in [-0.39, 0.29) is 34.4 Å². The second-order valence-electron chi connectivity index (χ2n) is 9.14. The van der Waals surface area contributed by atoms with Crippen molar-refractivity contribution in [1.29, 1.82) is 0 Å². The lowest BCUT2D eigenvalue weighted by Gasteiger charge is -2.31. The number of urea groups is 1. The number of halogens is 1. The van der Waals surface area contributed by atoms with Crippen molar-refractivity contribution < 1.29 is 22.7 Å². The number of ether oxygens (including phenoxy) is 1. The number of aromatic nitrogens is 3. The van der Waals surface area contributed by atoms with Crippen molar-refractivity contribution in [2.24, 2.45) is 11.8 Å². The summed E-state index contributed by atoms with van der Waals surface area (Å²) in [5, 5.41) is 11.0. The molecule has 13 heteroatoms. The number of fused-ring (bicyclic) bond motifs is 2. The number of carbonyl (C=O) groups excluding carboxylic acids is 2. The van der Waals surface area contributed by atoms with Gasteiger partial charge in [-0.15, -0.1) is 5.10 Å². The molecule has 2 aromatic rings. The minimum absolute atomic E-state index is 0.000173. The summed E-state index contributed by atoms with van der Waals surface area (Å²) in [6.45, 7) is 3.25. The van der Waals surface area contributed by atoms with E-state index in [1.54, 1.807) is 15.9 Å². The molecular weight excluding hydrogens is 484 g/mol. The Kier molecular flexibility index (Phi) is 5.88. The Morgan fingerprint density at radius 1 is 1.12 bits per heavy atom. The summed E-state index contributed by atoms with van der Waals surface area (Å²) in [6.07, 6.45) is 1.36. The van der Waals surface area contributed by atoms with Gasteiger partial charge in [0.25, 0.3) is 0 Å². The minimum Gasteiger partial charge on any atom is -0.445 e. The van der Waals surface area contributed by atoms with Crippen LogP contribution in [-0.4, -0.2) is 89.6 Å². The van der Waals surface area contributed by atoms with Gasteiger partial charge in [0.05, 0.1) is 17.1 Å². The first-order chi connectivity index (χ1) is 16.2. The largest absolute Gasteiger partial charge is 0.445 e. The highest BCUT2D eigenvalue weighted by Crippen LogP contribution is 2.32. The standard InChI is InChI=1S/C21H25ClN6O5S/c1-34(31,32)17-5-13(4-16(22)6-17)12-33-21(30)28-9-14-7-27(8-15(14)10-28)20(29)26-3-2-18-19(11-26)24-25-23-18/h4-6,14-15H,2-3,7-12H2,1H3,(H,23,24,25)/t14-,15-/m0/s1. The zero-order valence-corrected chi connectivity index (χ0v) is 20.2. The third kappa shape index (κ3) is 4.56. The van der Waals surface area contributed by atoms with Gasteiger partial charge in [-0.2, -0.15) is 0 Å². The molecule has 2 saturated heterocycles. The molecule has 11 nitrogen and oxygen atoms in total. The second-order valence-corrected chi connectivity index (χ2v) is 11.6. The maximum absolute atomic E-state index is 13.0. The normalized spacial score (nSPS) is 22.0. The van der Waals surface area contributed by atoms with Gasteiger partial charge in [0, 0.05) is 62.3 Å². The molecule has 0 aliphatic carbocycles. The van der Waals surface area contributed by atoms with Gasteiger partial charge >= 0.3 is 12.1 Å². The predicted molar refractivity (Wildman–Crippen MR) is 121 cm³/mol. The third-order valence-electron chi connectivity index (χ3n) is 6.68. The van der Waals surface area contributed by atoms with E-state index in [2.05, 4.69) is 15.4 Å². The average molecular weight is 509 g/mol. The molecule has 2 fully saturated rings. The highest BCUT2D eigenvalue weighted by atomic mass is 35.5. The number of benzene rings is 1. The van der Waals surface area contributed by atoms with Crippen LogP contribution >= 0.6 is 11.6 Å². The van der Waals surface area contributed by atoms with Crippen LogP contribution in [-0.2, 0) is 34.1 Å². The Hall–Kier alpha value is -2.86. The number of hydrogen-bond donors (Lipinski definition) is 1. The van der Waals surface area contributed by atoms with Crippen LogP contribution in [0.15, 0.2) is 23.1 Å². The van der Waals surface area contributed by atoms with Crippen LogP contribution in [0, 0.1) is 11.8 Å². The molecule has 2 atom stereocenters. The number of nitrogens with one attached hydrogen (secondary N) is 1. The SMILES string of the molecule is CS(=O)(=O)c1cc(Cl)cc(COC(=O)N2C[C@@H]3CN(C(=O)N4CCc5[nH]nnc5C4)C[C@H]3C2)c1. The van der Waals surface area contributed by atoms with Crippen molar-refractivity contribution in [2.45, 2.75) is 24.5 Å². The van der Waals surface area contributed by atoms with Crippen molar-refractivity contribution in [3.05, 3.63) is 40.2 Å². The van der Waals surface area contributed by atoms with Gasteiger partial charge in [-0.25, -0.2) is 18.0 Å². The Balaban J connectivity index is 1.13. The molecule has 0 bridgehead atoms. The third-order valence-corrected chi connectivity index (χ3v) is 7.99. The van der Waals surface area contributed by atoms with Crippen molar-refractivity contribution in [2.75, 3.05) is 39.0 Å². The minimum atomic E-state index is -3.42. The molecule has 0 unspecified atom stereocenters. The summed E-state index contributed by atoms with van der Waals surface area (Å²) in [4.78, 5) is 31.0. The van der Waals surface area contributed by atoms with Gasteiger partial charge in [0.15, 0.2) is 9.84 Å². The zero-order valence-electron chi connectivity index (χ0n) is 18.6. The van der Waals surface area contributed by atoms with E-state index in [4.69, 9.17) is 16.3 Å². The van der Waals surface area contributed by atoms with Gasteiger partial charge in [0.2, 0.25) is 0 Å². The van der Waals surface area contributed by atoms with Crippen molar-refractivity contribution in [1.82, 2.24) is 30.1 Å². The Labute approximate surface area is 201 Å². The summed E-state index contributed by atoms with van der Waals surface area (Å²) in [7, 11) is -3.42. The summed E-state index contributed by atoms with van der Waals surface area (Å²) in [5.41, 5.74) is 2.31. The molecule has 3 aliphatic heterocycles. The maximum Gasteiger partial charge on any atom is 0.410 e. The lowest BCUT2D eigenvalue weighted by atomic mass is 10.0. The molecule has 1 aromatic carbocycles. The number of H-pyrrole nitrogens is 1. The molecule has 3 aliphatic rings. The van der Waals surface area contributed by atoms with Crippen LogP contribution in [0.3, 0.4) is 0 Å². The molecule has 1 aromatic heterocycles. The number of aromatic amines is 1. The lowest BCUT2D eigenvalue weighted by molar-refractivity contribution is 0.0994. The van der Waals surface area contributed by atoms with Gasteiger partial charge in [-0.3, -0.25) is 5.10 Å². The molecule has 1 N–H and O–H groups in total. The maximum atomic E-state index is 13.0. The van der Waals surface area contributed by atoms with Gasteiger partial charge < -0.3 is 19.4 Å². The number of rotatable bonds is 3. The average Bonchev–Trinajstić information content (AvgIpc) is 3.50. The monoisotopic (exact) mass is 508 g/mol. The highest BCUT2D eigenvalue weighted by Gasteiger charge is 2.44. The van der Waals surface area contributed by atoms with Crippen LogP contribution in [0.4, 0.5) is 9.59 Å². The van der Waals surface area contributed by atoms with E-state index in [0.717, 1.165) is 17.6 Å². The summed E-state index contributed by atoms with van der Waals surface area (Å²) in [5.74, 6) is 0.402. The van der Waals surface area contributed by atoms with Crippen molar-refractivity contribution in [3.63, 3.8) is 0 Å². The fourth-order valence-corrected chi connectivity index (χ4v) is 5.95. The van der Waals surface area contributed by atoms with Crippen LogP contribution < -0.4 is 0 Å². The molecule has 0 spiro atoms. The topological polar surface area (TPSA) is 129 Å². The summed E-state index contributed by atoms with van der Waals surface area (Å²) in [6, 6.07) is 4.40. The number of nitrogens with zero attached hydrogens (tertiary/aromatic N) is 5. The van der Waals surface area contributed by atoms with Crippen LogP contribution in [0.5, 0.6) is 0 Å². The van der Waals surface area contributed by atoms with E-state index >= 15 is 0 Å². The predicted octanol–water partition coefficient (Wildman–Crippen LogP) is 1.54. The lowest BCUT2D eigenvalue weighted by Crippen LogP contribution is -2.45. The van der Waals surface area contributed by atoms with Crippen molar-refractivity contribution >= 4 is 33.6 Å². The van der Waals surface area contributed by atoms with Crippen molar-refractivity contribution in [3.8, 4) is 0 Å². The number of hydrogen-bond acceptors (Lipinski definition) is 7. The molecule has 3 amide bonds. The number of amides is 3. The molecule has 182 valence electrons. The smallest absolute Gasteiger partial charge is 0.410 e. The molecule has 0 saturated carbocycles. The Morgan fingerprint density at radius 3 is 2.53 bits per heavy atom. The van der Waals surface area contributed by atoms with E-state index in [0.29, 0.717) is 51.3 Å². The first-order valence-corrected chi connectivity index (χ1v) is 13.3. The second kappa shape index (κ2) is 8.73. The van der Waals surface area contributed by atoms with Crippen LogP contribution in [0.25, 0.3) is 0 Å². The number of sulfone groups is 1. The molecule has 5 rings (SSSR count). The Morgan fingerprint density at radius 2 is 1.82 bits per heavy atom. The van der Waals surface area contributed by atoms with E-state index in [1.165, 1.54) is 12.1 Å². The Bertz CT molecular complexity index is 1220. The summed E-state index contributed by atoms with van der Waals surface area (Å²) < 4.78 is 29.0. The van der Waals surface area contributed by atoms with Gasteiger partial charge in [-0.1, -0.05) is 16.8 Å². The number of likely N-dealkylation sites (tertiary alicyclic amines) is 2. The van der Waals surface area contributed by atoms with E-state index in [9.17, 15) is 18.0 Å². The molecule has 34 heavy (non-hydrogen) atoms. The van der Waals surface area contributed by atoms with Gasteiger partial charge in [0.1, 0.15) is 12.3 Å². The van der Waals surface area contributed by atoms with E-state index in [1.807, 2.05) is 4.90 Å². The van der Waals surface area contributed by atoms with Gasteiger partial charge in [-0.05, 0) is 23.8 Å². The first kappa shape index (κ1) is 22.9. The van der Waals surface area contributed by atoms with Crippen LogP contribution in [0.1, 0.15) is 17.0 Å². The fraction of sp³-hybridized carbons (Fsp3) is 0.524. The highest BCUT2D eigenvalue weighted by molar-refractivity contribution is 7.90. The molecule has 0 radical (unpaired) electrons. The van der Waals surface area contributed by atoms with E-state index < -0.39 is 15.9 Å². The first-order valence-electron chi connectivity index (χ1n) is 11.0. The quantitative estimate of drug-likeness (QED) is 0.665. The summed E-state index contributed by atoms with van der Waals surface area (Å²) >= 11 is 6.02. The fourth-order valence-electron chi connectivity index (χ4n) is 4.92. The molecule has 4 heterocycles. The zero-order chi connectivity index (χ0) is 24.0. The number of carbonyl (C=O) groups is 2.